The highest BCUT2D eigenvalue weighted by Crippen LogP contribution is 2.23. The fourth-order valence-corrected chi connectivity index (χ4v) is 6.25. The van der Waals surface area contributed by atoms with E-state index >= 15 is 0 Å². The first kappa shape index (κ1) is 15.9. The Hall–Kier alpha value is -0.480. The van der Waals surface area contributed by atoms with Crippen LogP contribution in [0.25, 0.3) is 0 Å². The van der Waals surface area contributed by atoms with Crippen LogP contribution >= 0.6 is 11.3 Å². The van der Waals surface area contributed by atoms with Crippen LogP contribution in [0.3, 0.4) is 0 Å². The lowest BCUT2D eigenvalue weighted by molar-refractivity contribution is 0.506. The first-order valence-corrected chi connectivity index (χ1v) is 10.5. The molecule has 3 N–H and O–H groups in total. The summed E-state index contributed by atoms with van der Waals surface area (Å²) in [6.45, 7) is 0.480. The van der Waals surface area contributed by atoms with Crippen molar-refractivity contribution in [2.75, 3.05) is 18.1 Å². The number of sulfone groups is 1. The third kappa shape index (κ3) is 4.01. The lowest BCUT2D eigenvalue weighted by atomic mass is 10.2. The van der Waals surface area contributed by atoms with E-state index in [1.54, 1.807) is 12.1 Å². The average molecular weight is 338 g/mol. The van der Waals surface area contributed by atoms with Crippen LogP contribution in [0.4, 0.5) is 0 Å². The zero-order chi connectivity index (χ0) is 14.8. The number of hydrogen-bond donors (Lipinski definition) is 2. The highest BCUT2D eigenvalue weighted by Gasteiger charge is 2.28. The largest absolute Gasteiger partial charge is 0.330 e. The summed E-state index contributed by atoms with van der Waals surface area (Å²) in [5.41, 5.74) is 5.44. The van der Waals surface area contributed by atoms with Crippen LogP contribution in [-0.2, 0) is 26.3 Å². The molecule has 20 heavy (non-hydrogen) atoms. The number of sulfonamides is 1. The van der Waals surface area contributed by atoms with Crippen molar-refractivity contribution in [3.05, 3.63) is 17.0 Å². The molecule has 6 nitrogen and oxygen atoms in total. The van der Waals surface area contributed by atoms with E-state index in [-0.39, 0.29) is 21.8 Å². The highest BCUT2D eigenvalue weighted by molar-refractivity contribution is 7.92. The van der Waals surface area contributed by atoms with Crippen molar-refractivity contribution in [2.45, 2.75) is 29.5 Å². The maximum Gasteiger partial charge on any atom is 0.250 e. The third-order valence-corrected chi connectivity index (χ3v) is 8.04. The Bertz CT molecular complexity index is 650. The molecule has 1 aromatic rings. The summed E-state index contributed by atoms with van der Waals surface area (Å²) >= 11 is 1.20. The SMILES string of the molecule is NCCc1ccc(S(=O)(=O)NC2CCS(=O)(=O)CC2)s1. The summed E-state index contributed by atoms with van der Waals surface area (Å²) in [4.78, 5) is 0.930. The molecule has 0 amide bonds. The highest BCUT2D eigenvalue weighted by atomic mass is 32.2. The van der Waals surface area contributed by atoms with Gasteiger partial charge in [0, 0.05) is 10.9 Å². The van der Waals surface area contributed by atoms with Crippen molar-refractivity contribution in [3.63, 3.8) is 0 Å². The van der Waals surface area contributed by atoms with Gasteiger partial charge in [0.2, 0.25) is 10.0 Å². The van der Waals surface area contributed by atoms with Crippen LogP contribution in [0.15, 0.2) is 16.3 Å². The minimum atomic E-state index is -3.56. The van der Waals surface area contributed by atoms with Gasteiger partial charge in [-0.2, -0.15) is 0 Å². The molecule has 0 bridgehead atoms. The summed E-state index contributed by atoms with van der Waals surface area (Å²) in [6.07, 6.45) is 1.33. The molecule has 0 saturated carbocycles. The third-order valence-electron chi connectivity index (χ3n) is 3.17. The van der Waals surface area contributed by atoms with Crippen LogP contribution in [0, 0.1) is 0 Å². The van der Waals surface area contributed by atoms with Gasteiger partial charge in [0.25, 0.3) is 0 Å². The summed E-state index contributed by atoms with van der Waals surface area (Å²) < 4.78 is 49.9. The van der Waals surface area contributed by atoms with Crippen LogP contribution in [-0.4, -0.2) is 40.9 Å². The van der Waals surface area contributed by atoms with Crippen molar-refractivity contribution < 1.29 is 16.8 Å². The molecular formula is C11H18N2O4S3. The minimum absolute atomic E-state index is 0.0447. The first-order chi connectivity index (χ1) is 9.32. The van der Waals surface area contributed by atoms with E-state index in [0.29, 0.717) is 25.8 Å². The molecular weight excluding hydrogens is 320 g/mol. The molecule has 0 unspecified atom stereocenters. The molecule has 0 aromatic carbocycles. The molecule has 1 aliphatic rings. The molecule has 2 heterocycles. The molecule has 9 heteroatoms. The standard InChI is InChI=1S/C11H18N2O4S3/c12-6-3-10-1-2-11(18-10)20(16,17)13-9-4-7-19(14,15)8-5-9/h1-2,9,13H,3-8,12H2. The predicted octanol–water partition coefficient (Wildman–Crippen LogP) is 0.105. The average Bonchev–Trinajstić information content (AvgIpc) is 2.82. The summed E-state index contributed by atoms with van der Waals surface area (Å²) in [5.74, 6) is 0.0894. The maximum atomic E-state index is 12.2. The van der Waals surface area contributed by atoms with Crippen LogP contribution in [0.2, 0.25) is 0 Å². The summed E-state index contributed by atoms with van der Waals surface area (Å²) in [6, 6.07) is 3.03. The van der Waals surface area contributed by atoms with Gasteiger partial charge in [-0.15, -0.1) is 11.3 Å². The van der Waals surface area contributed by atoms with E-state index in [1.165, 1.54) is 11.3 Å². The lowest BCUT2D eigenvalue weighted by Crippen LogP contribution is -2.40. The summed E-state index contributed by atoms with van der Waals surface area (Å²) in [5, 5.41) is 0. The van der Waals surface area contributed by atoms with Gasteiger partial charge >= 0.3 is 0 Å². The molecule has 1 aromatic heterocycles. The van der Waals surface area contributed by atoms with Crippen LogP contribution < -0.4 is 10.5 Å². The number of nitrogens with one attached hydrogen (secondary N) is 1. The second-order valence-corrected chi connectivity index (χ2v) is 10.2. The number of thiophene rings is 1. The second kappa shape index (κ2) is 6.10. The molecule has 2 rings (SSSR count). The van der Waals surface area contributed by atoms with E-state index in [4.69, 9.17) is 5.73 Å². The van der Waals surface area contributed by atoms with Crippen molar-refractivity contribution in [2.24, 2.45) is 5.73 Å². The number of hydrogen-bond acceptors (Lipinski definition) is 6. The van der Waals surface area contributed by atoms with Gasteiger partial charge in [0.1, 0.15) is 14.0 Å². The molecule has 0 radical (unpaired) electrons. The van der Waals surface area contributed by atoms with Gasteiger partial charge in [-0.1, -0.05) is 0 Å². The first-order valence-electron chi connectivity index (χ1n) is 6.34. The van der Waals surface area contributed by atoms with E-state index in [0.717, 1.165) is 4.88 Å². The maximum absolute atomic E-state index is 12.2. The molecule has 0 aliphatic carbocycles. The molecule has 1 saturated heterocycles. The number of rotatable bonds is 5. The smallest absolute Gasteiger partial charge is 0.250 e. The fraction of sp³-hybridized carbons (Fsp3) is 0.636. The van der Waals surface area contributed by atoms with Crippen molar-refractivity contribution in [3.8, 4) is 0 Å². The van der Waals surface area contributed by atoms with Gasteiger partial charge in [-0.05, 0) is 37.9 Å². The topological polar surface area (TPSA) is 106 Å². The van der Waals surface area contributed by atoms with E-state index in [1.807, 2.05) is 0 Å². The molecule has 114 valence electrons. The van der Waals surface area contributed by atoms with Crippen LogP contribution in [0.1, 0.15) is 17.7 Å². The monoisotopic (exact) mass is 338 g/mol. The van der Waals surface area contributed by atoms with Gasteiger partial charge in [0.15, 0.2) is 0 Å². The fourth-order valence-electron chi connectivity index (χ4n) is 2.06. The van der Waals surface area contributed by atoms with Crippen molar-refractivity contribution in [1.82, 2.24) is 4.72 Å². The van der Waals surface area contributed by atoms with Crippen molar-refractivity contribution >= 4 is 31.2 Å². The molecule has 0 atom stereocenters. The molecule has 1 aliphatic heterocycles. The predicted molar refractivity (Wildman–Crippen MR) is 79.1 cm³/mol. The Labute approximate surface area is 123 Å². The number of nitrogens with two attached hydrogens (primary N) is 1. The van der Waals surface area contributed by atoms with Gasteiger partial charge in [-0.25, -0.2) is 21.6 Å². The summed E-state index contributed by atoms with van der Waals surface area (Å²) in [7, 11) is -6.55. The Kier molecular flexibility index (Phi) is 4.85. The Morgan fingerprint density at radius 3 is 2.55 bits per heavy atom. The zero-order valence-electron chi connectivity index (χ0n) is 10.9. The van der Waals surface area contributed by atoms with Gasteiger partial charge in [-0.3, -0.25) is 0 Å². The Morgan fingerprint density at radius 1 is 1.30 bits per heavy atom. The normalized spacial score (nSPS) is 20.1. The van der Waals surface area contributed by atoms with Crippen LogP contribution in [0.5, 0.6) is 0 Å². The molecule has 1 fully saturated rings. The lowest BCUT2D eigenvalue weighted by Gasteiger charge is -2.22. The second-order valence-electron chi connectivity index (χ2n) is 4.81. The quantitative estimate of drug-likeness (QED) is 0.792. The van der Waals surface area contributed by atoms with Crippen molar-refractivity contribution in [1.29, 1.82) is 0 Å². The van der Waals surface area contributed by atoms with Gasteiger partial charge < -0.3 is 5.73 Å². The minimum Gasteiger partial charge on any atom is -0.330 e. The molecule has 0 spiro atoms. The zero-order valence-corrected chi connectivity index (χ0v) is 13.4. The van der Waals surface area contributed by atoms with E-state index in [2.05, 4.69) is 4.72 Å². The Morgan fingerprint density at radius 2 is 1.95 bits per heavy atom. The van der Waals surface area contributed by atoms with Gasteiger partial charge in [0.05, 0.1) is 11.5 Å². The van der Waals surface area contributed by atoms with E-state index < -0.39 is 19.9 Å². The Balaban J connectivity index is 2.03. The van der Waals surface area contributed by atoms with E-state index in [9.17, 15) is 16.8 Å².